The summed E-state index contributed by atoms with van der Waals surface area (Å²) in [6.07, 6.45) is 3.53. The zero-order valence-corrected chi connectivity index (χ0v) is 14.0. The van der Waals surface area contributed by atoms with Gasteiger partial charge in [0.15, 0.2) is 0 Å². The summed E-state index contributed by atoms with van der Waals surface area (Å²) in [5.41, 5.74) is 0. The van der Waals surface area contributed by atoms with Crippen LogP contribution in [0, 0.1) is 12.8 Å². The summed E-state index contributed by atoms with van der Waals surface area (Å²) < 4.78 is 27.4. The second-order valence-electron chi connectivity index (χ2n) is 5.82. The van der Waals surface area contributed by atoms with Crippen molar-refractivity contribution in [3.8, 4) is 0 Å². The second-order valence-corrected chi connectivity index (χ2v) is 8.89. The van der Waals surface area contributed by atoms with Crippen molar-refractivity contribution in [3.63, 3.8) is 0 Å². The van der Waals surface area contributed by atoms with Gasteiger partial charge in [0.05, 0.1) is 4.90 Å². The molecule has 1 saturated carbocycles. The van der Waals surface area contributed by atoms with E-state index in [1.165, 1.54) is 6.42 Å². The van der Waals surface area contributed by atoms with Crippen molar-refractivity contribution in [1.82, 2.24) is 10.0 Å². The van der Waals surface area contributed by atoms with E-state index < -0.39 is 10.0 Å². The van der Waals surface area contributed by atoms with Gasteiger partial charge in [-0.25, -0.2) is 13.1 Å². The normalized spacial score (nSPS) is 16.6. The van der Waals surface area contributed by atoms with E-state index >= 15 is 0 Å². The van der Waals surface area contributed by atoms with Gasteiger partial charge in [0.2, 0.25) is 10.0 Å². The van der Waals surface area contributed by atoms with E-state index in [1.54, 1.807) is 17.4 Å². The van der Waals surface area contributed by atoms with Crippen molar-refractivity contribution < 1.29 is 8.42 Å². The van der Waals surface area contributed by atoms with Gasteiger partial charge in [-0.1, -0.05) is 20.3 Å². The number of thiophene rings is 1. The average molecular weight is 316 g/mol. The van der Waals surface area contributed by atoms with E-state index in [4.69, 9.17) is 0 Å². The van der Waals surface area contributed by atoms with E-state index in [2.05, 4.69) is 23.9 Å². The number of hydrogen-bond acceptors (Lipinski definition) is 4. The van der Waals surface area contributed by atoms with Gasteiger partial charge in [-0.2, -0.15) is 0 Å². The molecular weight excluding hydrogens is 292 g/mol. The molecule has 0 aliphatic heterocycles. The molecule has 2 rings (SSSR count). The van der Waals surface area contributed by atoms with Gasteiger partial charge in [-0.3, -0.25) is 0 Å². The molecule has 4 nitrogen and oxygen atoms in total. The fraction of sp³-hybridized carbons (Fsp3) is 0.714. The molecule has 0 spiro atoms. The maximum absolute atomic E-state index is 12.3. The molecule has 1 fully saturated rings. The first-order chi connectivity index (χ1) is 9.38. The Labute approximate surface area is 126 Å². The van der Waals surface area contributed by atoms with Crippen LogP contribution in [0.5, 0.6) is 0 Å². The standard InChI is InChI=1S/C14H24N2O2S2/c1-10(2)15-9-13-7-14(11(3)19-13)20(17,18)16-8-12-5-4-6-12/h7,10,12,15-16H,4-6,8-9H2,1-3H3. The van der Waals surface area contributed by atoms with E-state index in [1.807, 2.05) is 6.92 Å². The molecule has 20 heavy (non-hydrogen) atoms. The van der Waals surface area contributed by atoms with Crippen LogP contribution < -0.4 is 10.0 Å². The Hall–Kier alpha value is -0.430. The minimum Gasteiger partial charge on any atom is -0.310 e. The third kappa shape index (κ3) is 4.04. The van der Waals surface area contributed by atoms with Gasteiger partial charge in [0, 0.05) is 28.9 Å². The van der Waals surface area contributed by atoms with Crippen molar-refractivity contribution in [2.75, 3.05) is 6.54 Å². The maximum atomic E-state index is 12.3. The highest BCUT2D eigenvalue weighted by atomic mass is 32.2. The van der Waals surface area contributed by atoms with Crippen molar-refractivity contribution >= 4 is 21.4 Å². The molecule has 0 unspecified atom stereocenters. The lowest BCUT2D eigenvalue weighted by Gasteiger charge is -2.25. The Morgan fingerprint density at radius 3 is 2.65 bits per heavy atom. The summed E-state index contributed by atoms with van der Waals surface area (Å²) in [5.74, 6) is 0.533. The largest absolute Gasteiger partial charge is 0.310 e. The Kier molecular flexibility index (Phi) is 5.23. The van der Waals surface area contributed by atoms with Crippen molar-refractivity contribution in [1.29, 1.82) is 0 Å². The average Bonchev–Trinajstić information content (AvgIpc) is 2.66. The number of rotatable bonds is 7. The smallest absolute Gasteiger partial charge is 0.241 e. The third-order valence-corrected chi connectivity index (χ3v) is 6.41. The predicted molar refractivity (Wildman–Crippen MR) is 83.6 cm³/mol. The summed E-state index contributed by atoms with van der Waals surface area (Å²) in [6, 6.07) is 2.20. The van der Waals surface area contributed by atoms with Crippen LogP contribution in [0.15, 0.2) is 11.0 Å². The van der Waals surface area contributed by atoms with Crippen LogP contribution in [0.4, 0.5) is 0 Å². The number of aryl methyl sites for hydroxylation is 1. The molecular formula is C14H24N2O2S2. The molecule has 0 aromatic carbocycles. The zero-order valence-electron chi connectivity index (χ0n) is 12.4. The molecule has 0 bridgehead atoms. The highest BCUT2D eigenvalue weighted by Gasteiger charge is 2.23. The van der Waals surface area contributed by atoms with Gasteiger partial charge in [0.1, 0.15) is 0 Å². The topological polar surface area (TPSA) is 58.2 Å². The molecule has 1 aromatic heterocycles. The van der Waals surface area contributed by atoms with Crippen molar-refractivity contribution in [2.45, 2.75) is 57.5 Å². The van der Waals surface area contributed by atoms with Crippen LogP contribution in [0.1, 0.15) is 42.9 Å². The van der Waals surface area contributed by atoms with Crippen LogP contribution in [-0.4, -0.2) is 21.0 Å². The fourth-order valence-electron chi connectivity index (χ4n) is 2.19. The Morgan fingerprint density at radius 1 is 1.40 bits per heavy atom. The molecule has 114 valence electrons. The van der Waals surface area contributed by atoms with E-state index in [-0.39, 0.29) is 0 Å². The third-order valence-electron chi connectivity index (χ3n) is 3.68. The van der Waals surface area contributed by atoms with Gasteiger partial charge >= 0.3 is 0 Å². The van der Waals surface area contributed by atoms with Gasteiger partial charge in [-0.05, 0) is 31.7 Å². The molecule has 0 radical (unpaired) electrons. The van der Waals surface area contributed by atoms with E-state index in [9.17, 15) is 8.42 Å². The van der Waals surface area contributed by atoms with Crippen LogP contribution >= 0.6 is 11.3 Å². The van der Waals surface area contributed by atoms with Crippen LogP contribution in [0.2, 0.25) is 0 Å². The molecule has 0 atom stereocenters. The first-order valence-electron chi connectivity index (χ1n) is 7.21. The number of nitrogens with one attached hydrogen (secondary N) is 2. The monoisotopic (exact) mass is 316 g/mol. The molecule has 6 heteroatoms. The maximum Gasteiger partial charge on any atom is 0.241 e. The molecule has 1 heterocycles. The van der Waals surface area contributed by atoms with Crippen LogP contribution in [-0.2, 0) is 16.6 Å². The lowest BCUT2D eigenvalue weighted by Crippen LogP contribution is -2.32. The van der Waals surface area contributed by atoms with Crippen LogP contribution in [0.25, 0.3) is 0 Å². The molecule has 0 amide bonds. The molecule has 0 saturated heterocycles. The van der Waals surface area contributed by atoms with Gasteiger partial charge in [-0.15, -0.1) is 11.3 Å². The quantitative estimate of drug-likeness (QED) is 0.813. The first kappa shape index (κ1) is 15.9. The van der Waals surface area contributed by atoms with Gasteiger partial charge < -0.3 is 5.32 Å². The Morgan fingerprint density at radius 2 is 2.10 bits per heavy atom. The Balaban J connectivity index is 2.02. The highest BCUT2D eigenvalue weighted by Crippen LogP contribution is 2.28. The summed E-state index contributed by atoms with van der Waals surface area (Å²) in [4.78, 5) is 2.38. The fourth-order valence-corrected chi connectivity index (χ4v) is 4.89. The summed E-state index contributed by atoms with van der Waals surface area (Å²) >= 11 is 1.56. The number of hydrogen-bond donors (Lipinski definition) is 2. The number of sulfonamides is 1. The second kappa shape index (κ2) is 6.56. The molecule has 1 aromatic rings. The molecule has 1 aliphatic rings. The lowest BCUT2D eigenvalue weighted by molar-refractivity contribution is 0.316. The summed E-state index contributed by atoms with van der Waals surface area (Å²) in [7, 11) is -3.35. The first-order valence-corrected chi connectivity index (χ1v) is 9.51. The van der Waals surface area contributed by atoms with Gasteiger partial charge in [0.25, 0.3) is 0 Å². The van der Waals surface area contributed by atoms with E-state index in [0.29, 0.717) is 23.4 Å². The SMILES string of the molecule is Cc1sc(CNC(C)C)cc1S(=O)(=O)NCC1CCC1. The zero-order chi connectivity index (χ0) is 14.8. The summed E-state index contributed by atoms with van der Waals surface area (Å²) in [5, 5.41) is 3.32. The lowest BCUT2D eigenvalue weighted by atomic mass is 9.86. The molecule has 1 aliphatic carbocycles. The van der Waals surface area contributed by atoms with E-state index in [0.717, 1.165) is 29.1 Å². The molecule has 2 N–H and O–H groups in total. The Bertz CT molecular complexity index is 546. The van der Waals surface area contributed by atoms with Crippen molar-refractivity contribution in [2.24, 2.45) is 5.92 Å². The van der Waals surface area contributed by atoms with Crippen LogP contribution in [0.3, 0.4) is 0 Å². The highest BCUT2D eigenvalue weighted by molar-refractivity contribution is 7.89. The van der Waals surface area contributed by atoms with Crippen molar-refractivity contribution in [3.05, 3.63) is 15.8 Å². The predicted octanol–water partition coefficient (Wildman–Crippen LogP) is 2.63. The summed E-state index contributed by atoms with van der Waals surface area (Å²) in [6.45, 7) is 7.34. The minimum atomic E-state index is -3.35. The minimum absolute atomic E-state index is 0.397.